The van der Waals surface area contributed by atoms with Crippen LogP contribution in [-0.4, -0.2) is 23.9 Å². The van der Waals surface area contributed by atoms with Crippen molar-refractivity contribution in [2.45, 2.75) is 13.1 Å². The number of anilines is 1. The van der Waals surface area contributed by atoms with Gasteiger partial charge in [-0.05, 0) is 23.8 Å². The molecular weight excluding hydrogens is 295 g/mol. The standard InChI is InChI=1S/C14H20N4.2ClH/c1-17(2)14-6-4-12(5-7-14)10-15-11-13-8-9-18(3)16-13;;/h4-9,15H,10-11H2,1-3H3;2*1H. The van der Waals surface area contributed by atoms with Gasteiger partial charge >= 0.3 is 0 Å². The van der Waals surface area contributed by atoms with Crippen molar-refractivity contribution >= 4 is 30.5 Å². The highest BCUT2D eigenvalue weighted by atomic mass is 35.5. The van der Waals surface area contributed by atoms with E-state index >= 15 is 0 Å². The summed E-state index contributed by atoms with van der Waals surface area (Å²) in [5.74, 6) is 0. The minimum atomic E-state index is 0. The Labute approximate surface area is 133 Å². The number of benzene rings is 1. The lowest BCUT2D eigenvalue weighted by Crippen LogP contribution is -2.13. The molecule has 0 unspecified atom stereocenters. The van der Waals surface area contributed by atoms with Crippen LogP contribution in [0, 0.1) is 0 Å². The second kappa shape index (κ2) is 8.84. The van der Waals surface area contributed by atoms with Gasteiger partial charge in [0.25, 0.3) is 0 Å². The number of aromatic nitrogens is 2. The van der Waals surface area contributed by atoms with E-state index in [9.17, 15) is 0 Å². The minimum Gasteiger partial charge on any atom is -0.378 e. The molecule has 0 aliphatic carbocycles. The molecule has 1 aromatic heterocycles. The van der Waals surface area contributed by atoms with Crippen molar-refractivity contribution < 1.29 is 0 Å². The van der Waals surface area contributed by atoms with Gasteiger partial charge in [-0.15, -0.1) is 24.8 Å². The molecule has 0 saturated carbocycles. The number of halogens is 2. The van der Waals surface area contributed by atoms with E-state index in [0.29, 0.717) is 0 Å². The maximum atomic E-state index is 4.33. The molecule has 0 spiro atoms. The Hall–Kier alpha value is -1.23. The van der Waals surface area contributed by atoms with Crippen LogP contribution in [0.15, 0.2) is 36.5 Å². The number of hydrogen-bond acceptors (Lipinski definition) is 3. The van der Waals surface area contributed by atoms with Gasteiger partial charge < -0.3 is 10.2 Å². The molecule has 0 aliphatic heterocycles. The highest BCUT2D eigenvalue weighted by molar-refractivity contribution is 5.85. The lowest BCUT2D eigenvalue weighted by atomic mass is 10.2. The number of rotatable bonds is 5. The molecule has 0 atom stereocenters. The molecule has 112 valence electrons. The third kappa shape index (κ3) is 5.41. The van der Waals surface area contributed by atoms with Crippen LogP contribution in [0.1, 0.15) is 11.3 Å². The summed E-state index contributed by atoms with van der Waals surface area (Å²) in [5, 5.41) is 7.72. The van der Waals surface area contributed by atoms with Crippen molar-refractivity contribution in [3.05, 3.63) is 47.8 Å². The summed E-state index contributed by atoms with van der Waals surface area (Å²) in [4.78, 5) is 2.10. The molecule has 0 bridgehead atoms. The largest absolute Gasteiger partial charge is 0.378 e. The second-order valence-electron chi connectivity index (χ2n) is 4.65. The Morgan fingerprint density at radius 1 is 1.05 bits per heavy atom. The van der Waals surface area contributed by atoms with E-state index in [1.807, 2.05) is 38.1 Å². The van der Waals surface area contributed by atoms with Crippen LogP contribution in [0.5, 0.6) is 0 Å². The number of hydrogen-bond donors (Lipinski definition) is 1. The lowest BCUT2D eigenvalue weighted by molar-refractivity contribution is 0.656. The minimum absolute atomic E-state index is 0. The third-order valence-electron chi connectivity index (χ3n) is 2.86. The summed E-state index contributed by atoms with van der Waals surface area (Å²) >= 11 is 0. The molecule has 0 amide bonds. The zero-order valence-corrected chi connectivity index (χ0v) is 13.7. The third-order valence-corrected chi connectivity index (χ3v) is 2.86. The van der Waals surface area contributed by atoms with Gasteiger partial charge in [-0.3, -0.25) is 4.68 Å². The molecule has 1 aromatic carbocycles. The number of aryl methyl sites for hydroxylation is 1. The van der Waals surface area contributed by atoms with Crippen LogP contribution < -0.4 is 10.2 Å². The molecule has 4 nitrogen and oxygen atoms in total. The topological polar surface area (TPSA) is 33.1 Å². The predicted octanol–water partition coefficient (Wildman–Crippen LogP) is 2.62. The maximum Gasteiger partial charge on any atom is 0.0762 e. The van der Waals surface area contributed by atoms with Gasteiger partial charge in [0.15, 0.2) is 0 Å². The molecule has 2 rings (SSSR count). The van der Waals surface area contributed by atoms with Gasteiger partial charge in [0.05, 0.1) is 5.69 Å². The molecule has 0 aliphatic rings. The van der Waals surface area contributed by atoms with E-state index < -0.39 is 0 Å². The highest BCUT2D eigenvalue weighted by Gasteiger charge is 1.98. The van der Waals surface area contributed by atoms with E-state index in [1.165, 1.54) is 11.3 Å². The normalized spacial score (nSPS) is 9.55. The molecule has 6 heteroatoms. The van der Waals surface area contributed by atoms with E-state index in [0.717, 1.165) is 18.8 Å². The van der Waals surface area contributed by atoms with Crippen LogP contribution in [0.3, 0.4) is 0 Å². The van der Waals surface area contributed by atoms with Crippen LogP contribution in [0.2, 0.25) is 0 Å². The zero-order valence-electron chi connectivity index (χ0n) is 12.0. The van der Waals surface area contributed by atoms with Crippen molar-refractivity contribution in [2.24, 2.45) is 7.05 Å². The van der Waals surface area contributed by atoms with Crippen LogP contribution in [0.4, 0.5) is 5.69 Å². The summed E-state index contributed by atoms with van der Waals surface area (Å²) < 4.78 is 1.82. The summed E-state index contributed by atoms with van der Waals surface area (Å²) in [5.41, 5.74) is 3.59. The average molecular weight is 317 g/mol. The van der Waals surface area contributed by atoms with Crippen molar-refractivity contribution in [1.29, 1.82) is 0 Å². The van der Waals surface area contributed by atoms with Crippen molar-refractivity contribution in [3.8, 4) is 0 Å². The fourth-order valence-electron chi connectivity index (χ4n) is 1.80. The van der Waals surface area contributed by atoms with E-state index in [4.69, 9.17) is 0 Å². The molecular formula is C14H22Cl2N4. The first-order chi connectivity index (χ1) is 8.65. The van der Waals surface area contributed by atoms with Crippen molar-refractivity contribution in [3.63, 3.8) is 0 Å². The van der Waals surface area contributed by atoms with Crippen LogP contribution in [-0.2, 0) is 20.1 Å². The summed E-state index contributed by atoms with van der Waals surface area (Å²) in [7, 11) is 6.03. The molecule has 1 N–H and O–H groups in total. The van der Waals surface area contributed by atoms with Gasteiger partial charge in [-0.1, -0.05) is 12.1 Å². The van der Waals surface area contributed by atoms with Gasteiger partial charge in [0, 0.05) is 46.1 Å². The summed E-state index contributed by atoms with van der Waals surface area (Å²) in [6, 6.07) is 10.6. The Kier molecular flexibility index (Phi) is 8.30. The van der Waals surface area contributed by atoms with Crippen molar-refractivity contribution in [1.82, 2.24) is 15.1 Å². The van der Waals surface area contributed by atoms with E-state index in [2.05, 4.69) is 39.6 Å². The Morgan fingerprint density at radius 2 is 1.70 bits per heavy atom. The first kappa shape index (κ1) is 18.8. The molecule has 2 aromatic rings. The fourth-order valence-corrected chi connectivity index (χ4v) is 1.80. The molecule has 20 heavy (non-hydrogen) atoms. The van der Waals surface area contributed by atoms with Gasteiger partial charge in [-0.25, -0.2) is 0 Å². The molecule has 1 heterocycles. The van der Waals surface area contributed by atoms with Crippen LogP contribution >= 0.6 is 24.8 Å². The molecule has 0 saturated heterocycles. The van der Waals surface area contributed by atoms with Gasteiger partial charge in [-0.2, -0.15) is 5.10 Å². The summed E-state index contributed by atoms with van der Waals surface area (Å²) in [6.07, 6.45) is 1.96. The predicted molar refractivity (Wildman–Crippen MR) is 89.0 cm³/mol. The molecule has 0 fully saturated rings. The van der Waals surface area contributed by atoms with E-state index in [-0.39, 0.29) is 24.8 Å². The Bertz CT molecular complexity index is 494. The van der Waals surface area contributed by atoms with Crippen LogP contribution in [0.25, 0.3) is 0 Å². The Morgan fingerprint density at radius 3 is 2.20 bits per heavy atom. The monoisotopic (exact) mass is 316 g/mol. The smallest absolute Gasteiger partial charge is 0.0762 e. The van der Waals surface area contributed by atoms with Crippen molar-refractivity contribution in [2.75, 3.05) is 19.0 Å². The van der Waals surface area contributed by atoms with Gasteiger partial charge in [0.2, 0.25) is 0 Å². The Balaban J connectivity index is 0.00000180. The van der Waals surface area contributed by atoms with E-state index in [1.54, 1.807) is 0 Å². The quantitative estimate of drug-likeness (QED) is 0.920. The second-order valence-corrected chi connectivity index (χ2v) is 4.65. The lowest BCUT2D eigenvalue weighted by Gasteiger charge is -2.12. The number of nitrogens with one attached hydrogen (secondary N) is 1. The SMILES string of the molecule is CN(C)c1ccc(CNCc2ccn(C)n2)cc1.Cl.Cl. The average Bonchev–Trinajstić information content (AvgIpc) is 2.76. The fraction of sp³-hybridized carbons (Fsp3) is 0.357. The highest BCUT2D eigenvalue weighted by Crippen LogP contribution is 2.12. The maximum absolute atomic E-state index is 4.33. The number of nitrogens with zero attached hydrogens (tertiary/aromatic N) is 3. The van der Waals surface area contributed by atoms with Gasteiger partial charge in [0.1, 0.15) is 0 Å². The molecule has 0 radical (unpaired) electrons. The zero-order chi connectivity index (χ0) is 13.0. The summed E-state index contributed by atoms with van der Waals surface area (Å²) in [6.45, 7) is 1.67. The first-order valence-electron chi connectivity index (χ1n) is 6.10. The first-order valence-corrected chi connectivity index (χ1v) is 6.10.